The van der Waals surface area contributed by atoms with E-state index in [1.54, 1.807) is 0 Å². The first-order valence-electron chi connectivity index (χ1n) is 8.80. The molecule has 2 N–H and O–H groups in total. The Morgan fingerprint density at radius 1 is 1.04 bits per heavy atom. The summed E-state index contributed by atoms with van der Waals surface area (Å²) < 4.78 is 5.46. The van der Waals surface area contributed by atoms with E-state index in [9.17, 15) is 9.59 Å². The maximum absolute atomic E-state index is 12.2. The maximum atomic E-state index is 12.2. The van der Waals surface area contributed by atoms with Crippen molar-refractivity contribution >= 4 is 12.1 Å². The number of rotatable bonds is 6. The topological polar surface area (TPSA) is 75.6 Å². The molecular weight excluding hydrogens is 330 g/mol. The monoisotopic (exact) mass is 353 g/mol. The predicted molar refractivity (Wildman–Crippen MR) is 99.1 cm³/mol. The molecule has 1 aliphatic rings. The Kier molecular flexibility index (Phi) is 5.26. The minimum atomic E-state index is -0.942. The van der Waals surface area contributed by atoms with Crippen LogP contribution in [0.5, 0.6) is 0 Å². The molecule has 0 saturated carbocycles. The van der Waals surface area contributed by atoms with Crippen molar-refractivity contribution in [2.24, 2.45) is 5.92 Å². The summed E-state index contributed by atoms with van der Waals surface area (Å²) in [5.74, 6) is -0.945. The van der Waals surface area contributed by atoms with Gasteiger partial charge in [0, 0.05) is 12.0 Å². The highest BCUT2D eigenvalue weighted by molar-refractivity contribution is 5.79. The summed E-state index contributed by atoms with van der Waals surface area (Å²) in [5.41, 5.74) is 4.63. The standard InChI is InChI=1S/C21H23NO4/c1-13(2)19(11-20(23)24)22-21(25)26-12-18-16-9-5-3-7-14(16)15-8-4-6-10-17(15)18/h3-10,13,18-19H,11-12H2,1-2H3,(H,22,25)(H,23,24)/t19-/m1/s1. The van der Waals surface area contributed by atoms with E-state index < -0.39 is 18.1 Å². The molecule has 0 fully saturated rings. The largest absolute Gasteiger partial charge is 0.481 e. The van der Waals surface area contributed by atoms with Gasteiger partial charge < -0.3 is 15.2 Å². The molecule has 5 heteroatoms. The molecule has 0 unspecified atom stereocenters. The Labute approximate surface area is 153 Å². The second-order valence-electron chi connectivity index (χ2n) is 6.92. The summed E-state index contributed by atoms with van der Waals surface area (Å²) in [6.07, 6.45) is -0.700. The van der Waals surface area contributed by atoms with Crippen LogP contribution in [0, 0.1) is 5.92 Å². The van der Waals surface area contributed by atoms with E-state index in [1.165, 1.54) is 11.1 Å². The molecule has 0 heterocycles. The van der Waals surface area contributed by atoms with Crippen LogP contribution >= 0.6 is 0 Å². The molecular formula is C21H23NO4. The Morgan fingerprint density at radius 3 is 2.08 bits per heavy atom. The molecule has 0 aromatic heterocycles. The zero-order valence-corrected chi connectivity index (χ0v) is 14.9. The number of carbonyl (C=O) groups is 2. The van der Waals surface area contributed by atoms with Gasteiger partial charge in [-0.15, -0.1) is 0 Å². The highest BCUT2D eigenvalue weighted by Crippen LogP contribution is 2.44. The summed E-state index contributed by atoms with van der Waals surface area (Å²) >= 11 is 0. The number of aliphatic carboxylic acids is 1. The van der Waals surface area contributed by atoms with Crippen LogP contribution in [-0.2, 0) is 9.53 Å². The van der Waals surface area contributed by atoms with Gasteiger partial charge in [0.25, 0.3) is 0 Å². The van der Waals surface area contributed by atoms with Crippen molar-refractivity contribution in [2.75, 3.05) is 6.61 Å². The van der Waals surface area contributed by atoms with Crippen molar-refractivity contribution in [1.29, 1.82) is 0 Å². The highest BCUT2D eigenvalue weighted by atomic mass is 16.5. The highest BCUT2D eigenvalue weighted by Gasteiger charge is 2.29. The summed E-state index contributed by atoms with van der Waals surface area (Å²) in [7, 11) is 0. The fraction of sp³-hybridized carbons (Fsp3) is 0.333. The van der Waals surface area contributed by atoms with E-state index in [1.807, 2.05) is 38.1 Å². The third-order valence-electron chi connectivity index (χ3n) is 4.85. The number of ether oxygens (including phenoxy) is 1. The van der Waals surface area contributed by atoms with Crippen molar-refractivity contribution in [1.82, 2.24) is 5.32 Å². The van der Waals surface area contributed by atoms with Crippen molar-refractivity contribution in [3.8, 4) is 11.1 Å². The van der Waals surface area contributed by atoms with E-state index in [2.05, 4.69) is 29.6 Å². The van der Waals surface area contributed by atoms with Crippen molar-refractivity contribution in [2.45, 2.75) is 32.2 Å². The molecule has 2 aromatic rings. The van der Waals surface area contributed by atoms with Crippen LogP contribution in [-0.4, -0.2) is 29.8 Å². The summed E-state index contributed by atoms with van der Waals surface area (Å²) in [6, 6.07) is 15.8. The molecule has 0 radical (unpaired) electrons. The van der Waals surface area contributed by atoms with Gasteiger partial charge in [-0.3, -0.25) is 4.79 Å². The van der Waals surface area contributed by atoms with E-state index >= 15 is 0 Å². The van der Waals surface area contributed by atoms with E-state index in [-0.39, 0.29) is 24.9 Å². The number of carboxylic acids is 1. The maximum Gasteiger partial charge on any atom is 0.407 e. The van der Waals surface area contributed by atoms with Crippen LogP contribution in [0.1, 0.15) is 37.3 Å². The van der Waals surface area contributed by atoms with E-state index in [4.69, 9.17) is 9.84 Å². The second kappa shape index (κ2) is 7.60. The third kappa shape index (κ3) is 3.72. The molecule has 26 heavy (non-hydrogen) atoms. The SMILES string of the molecule is CC(C)[C@@H](CC(=O)O)NC(=O)OCC1c2ccccc2-c2ccccc21. The fourth-order valence-corrected chi connectivity index (χ4v) is 3.43. The first-order chi connectivity index (χ1) is 12.5. The summed E-state index contributed by atoms with van der Waals surface area (Å²) in [4.78, 5) is 23.1. The first-order valence-corrected chi connectivity index (χ1v) is 8.80. The van der Waals surface area contributed by atoms with Crippen molar-refractivity contribution < 1.29 is 19.4 Å². The van der Waals surface area contributed by atoms with E-state index in [0.29, 0.717) is 0 Å². The van der Waals surface area contributed by atoms with Gasteiger partial charge in [0.15, 0.2) is 0 Å². The quantitative estimate of drug-likeness (QED) is 0.822. The van der Waals surface area contributed by atoms with Gasteiger partial charge in [0.05, 0.1) is 6.42 Å². The van der Waals surface area contributed by atoms with E-state index in [0.717, 1.165) is 11.1 Å². The van der Waals surface area contributed by atoms with Crippen LogP contribution in [0.25, 0.3) is 11.1 Å². The minimum Gasteiger partial charge on any atom is -0.481 e. The number of hydrogen-bond donors (Lipinski definition) is 2. The Morgan fingerprint density at radius 2 is 1.58 bits per heavy atom. The predicted octanol–water partition coefficient (Wildman–Crippen LogP) is 4.02. The van der Waals surface area contributed by atoms with Gasteiger partial charge in [0.1, 0.15) is 6.61 Å². The Hall–Kier alpha value is -2.82. The number of amides is 1. The Bertz CT molecular complexity index is 770. The molecule has 0 aliphatic heterocycles. The van der Waals surface area contributed by atoms with Crippen molar-refractivity contribution in [3.63, 3.8) is 0 Å². The average molecular weight is 353 g/mol. The van der Waals surface area contributed by atoms with Crippen LogP contribution in [0.3, 0.4) is 0 Å². The van der Waals surface area contributed by atoms with Crippen molar-refractivity contribution in [3.05, 3.63) is 59.7 Å². The fourth-order valence-electron chi connectivity index (χ4n) is 3.43. The molecule has 0 saturated heterocycles. The molecule has 0 spiro atoms. The van der Waals surface area contributed by atoms with Gasteiger partial charge in [-0.05, 0) is 28.2 Å². The third-order valence-corrected chi connectivity index (χ3v) is 4.85. The minimum absolute atomic E-state index is 0.00609. The summed E-state index contributed by atoms with van der Waals surface area (Å²) in [6.45, 7) is 3.96. The zero-order chi connectivity index (χ0) is 18.7. The molecule has 0 bridgehead atoms. The normalized spacial score (nSPS) is 13.8. The first kappa shape index (κ1) is 18.0. The number of alkyl carbamates (subject to hydrolysis) is 1. The second-order valence-corrected chi connectivity index (χ2v) is 6.92. The lowest BCUT2D eigenvalue weighted by Gasteiger charge is -2.21. The average Bonchev–Trinajstić information content (AvgIpc) is 2.93. The van der Waals surface area contributed by atoms with Crippen LogP contribution in [0.15, 0.2) is 48.5 Å². The molecule has 1 aliphatic carbocycles. The molecule has 2 aromatic carbocycles. The van der Waals surface area contributed by atoms with Crippen LogP contribution < -0.4 is 5.32 Å². The molecule has 136 valence electrons. The van der Waals surface area contributed by atoms with Crippen LogP contribution in [0.2, 0.25) is 0 Å². The van der Waals surface area contributed by atoms with Gasteiger partial charge in [-0.2, -0.15) is 0 Å². The number of fused-ring (bicyclic) bond motifs is 3. The molecule has 1 amide bonds. The molecule has 5 nitrogen and oxygen atoms in total. The zero-order valence-electron chi connectivity index (χ0n) is 14.9. The lowest BCUT2D eigenvalue weighted by atomic mass is 9.98. The van der Waals surface area contributed by atoms with Gasteiger partial charge in [-0.25, -0.2) is 4.79 Å². The number of nitrogens with one attached hydrogen (secondary N) is 1. The number of carboxylic acid groups (broad SMARTS) is 1. The number of benzene rings is 2. The van der Waals surface area contributed by atoms with Crippen LogP contribution in [0.4, 0.5) is 4.79 Å². The number of carbonyl (C=O) groups excluding carboxylic acids is 1. The lowest BCUT2D eigenvalue weighted by Crippen LogP contribution is -2.40. The summed E-state index contributed by atoms with van der Waals surface area (Å²) in [5, 5.41) is 11.7. The molecule has 3 rings (SSSR count). The van der Waals surface area contributed by atoms with Gasteiger partial charge >= 0.3 is 12.1 Å². The van der Waals surface area contributed by atoms with Gasteiger partial charge in [0.2, 0.25) is 0 Å². The lowest BCUT2D eigenvalue weighted by molar-refractivity contribution is -0.137. The molecule has 1 atom stereocenters. The Balaban J connectivity index is 1.70. The smallest absolute Gasteiger partial charge is 0.407 e. The van der Waals surface area contributed by atoms with Gasteiger partial charge in [-0.1, -0.05) is 62.4 Å². The number of hydrogen-bond acceptors (Lipinski definition) is 3.